The molecule has 0 bridgehead atoms. The van der Waals surface area contributed by atoms with Crippen LogP contribution in [0.2, 0.25) is 0 Å². The highest BCUT2D eigenvalue weighted by atomic mass is 32.1. The standard InChI is InChI=1S/C14H19N3OS/c1-9-11-8-12(19-14(11)17(2)16-9)13(18)15-10-6-4-3-5-7-10/h8,10H,3-7H2,1-2H3,(H,15,18). The summed E-state index contributed by atoms with van der Waals surface area (Å²) < 4.78 is 1.85. The van der Waals surface area contributed by atoms with E-state index in [0.717, 1.165) is 33.6 Å². The Morgan fingerprint density at radius 1 is 1.42 bits per heavy atom. The molecule has 0 saturated heterocycles. The predicted octanol–water partition coefficient (Wildman–Crippen LogP) is 3.01. The zero-order valence-electron chi connectivity index (χ0n) is 11.4. The number of carbonyl (C=O) groups excluding carboxylic acids is 1. The molecular formula is C14H19N3OS. The second kappa shape index (κ2) is 4.96. The Balaban J connectivity index is 1.79. The van der Waals surface area contributed by atoms with Crippen LogP contribution in [-0.4, -0.2) is 21.7 Å². The van der Waals surface area contributed by atoms with Gasteiger partial charge in [-0.15, -0.1) is 11.3 Å². The lowest BCUT2D eigenvalue weighted by atomic mass is 9.95. The quantitative estimate of drug-likeness (QED) is 0.917. The Kier molecular flexibility index (Phi) is 3.31. The van der Waals surface area contributed by atoms with Crippen molar-refractivity contribution in [3.05, 3.63) is 16.6 Å². The summed E-state index contributed by atoms with van der Waals surface area (Å²) in [4.78, 5) is 14.2. The van der Waals surface area contributed by atoms with Crippen LogP contribution >= 0.6 is 11.3 Å². The third-order valence-corrected chi connectivity index (χ3v) is 5.06. The number of amides is 1. The highest BCUT2D eigenvalue weighted by Gasteiger charge is 2.19. The molecule has 0 atom stereocenters. The molecule has 2 heterocycles. The van der Waals surface area contributed by atoms with Gasteiger partial charge in [-0.05, 0) is 25.8 Å². The van der Waals surface area contributed by atoms with E-state index in [1.54, 1.807) is 0 Å². The molecule has 0 aliphatic heterocycles. The zero-order valence-corrected chi connectivity index (χ0v) is 12.2. The summed E-state index contributed by atoms with van der Waals surface area (Å²) in [6, 6.07) is 2.34. The molecule has 0 unspecified atom stereocenters. The normalized spacial score (nSPS) is 16.9. The molecule has 1 saturated carbocycles. The molecule has 1 fully saturated rings. The van der Waals surface area contributed by atoms with Gasteiger partial charge in [0.05, 0.1) is 10.6 Å². The molecule has 3 rings (SSSR count). The monoisotopic (exact) mass is 277 g/mol. The SMILES string of the molecule is Cc1nn(C)c2sc(C(=O)NC3CCCCC3)cc12. The molecule has 102 valence electrons. The number of hydrogen-bond donors (Lipinski definition) is 1. The molecule has 1 aliphatic rings. The number of fused-ring (bicyclic) bond motifs is 1. The zero-order chi connectivity index (χ0) is 13.4. The fourth-order valence-corrected chi connectivity index (χ4v) is 3.85. The Bertz CT molecular complexity index is 573. The second-order valence-electron chi connectivity index (χ2n) is 5.35. The van der Waals surface area contributed by atoms with Gasteiger partial charge < -0.3 is 5.32 Å². The van der Waals surface area contributed by atoms with E-state index >= 15 is 0 Å². The van der Waals surface area contributed by atoms with E-state index in [4.69, 9.17) is 0 Å². The number of thiophene rings is 1. The number of rotatable bonds is 2. The Hall–Kier alpha value is -1.36. The number of aryl methyl sites for hydroxylation is 2. The van der Waals surface area contributed by atoms with E-state index in [0.29, 0.717) is 6.04 Å². The number of nitrogens with zero attached hydrogens (tertiary/aromatic N) is 2. The number of aromatic nitrogens is 2. The molecule has 2 aromatic rings. The average molecular weight is 277 g/mol. The van der Waals surface area contributed by atoms with Crippen molar-refractivity contribution in [1.29, 1.82) is 0 Å². The fraction of sp³-hybridized carbons (Fsp3) is 0.571. The van der Waals surface area contributed by atoms with Crippen molar-refractivity contribution >= 4 is 27.5 Å². The molecule has 1 amide bonds. The van der Waals surface area contributed by atoms with Crippen molar-refractivity contribution in [1.82, 2.24) is 15.1 Å². The molecule has 1 N–H and O–H groups in total. The van der Waals surface area contributed by atoms with Gasteiger partial charge in [0.1, 0.15) is 4.83 Å². The smallest absolute Gasteiger partial charge is 0.261 e. The van der Waals surface area contributed by atoms with E-state index in [1.807, 2.05) is 24.7 Å². The van der Waals surface area contributed by atoms with Crippen molar-refractivity contribution in [2.75, 3.05) is 0 Å². The topological polar surface area (TPSA) is 46.9 Å². The van der Waals surface area contributed by atoms with Crippen molar-refractivity contribution < 1.29 is 4.79 Å². The predicted molar refractivity (Wildman–Crippen MR) is 77.7 cm³/mol. The Morgan fingerprint density at radius 3 is 2.84 bits per heavy atom. The minimum atomic E-state index is 0.0764. The van der Waals surface area contributed by atoms with E-state index in [-0.39, 0.29) is 5.91 Å². The van der Waals surface area contributed by atoms with Crippen LogP contribution in [0.3, 0.4) is 0 Å². The summed E-state index contributed by atoms with van der Waals surface area (Å²) in [5.74, 6) is 0.0764. The van der Waals surface area contributed by atoms with Crippen LogP contribution in [0.15, 0.2) is 6.07 Å². The number of carbonyl (C=O) groups is 1. The highest BCUT2D eigenvalue weighted by Crippen LogP contribution is 2.28. The lowest BCUT2D eigenvalue weighted by molar-refractivity contribution is 0.0932. The summed E-state index contributed by atoms with van der Waals surface area (Å²) in [6.45, 7) is 1.98. The van der Waals surface area contributed by atoms with Crippen LogP contribution in [0.1, 0.15) is 47.5 Å². The van der Waals surface area contributed by atoms with E-state index in [1.165, 1.54) is 30.6 Å². The maximum atomic E-state index is 12.3. The maximum Gasteiger partial charge on any atom is 0.261 e. The third kappa shape index (κ3) is 2.39. The summed E-state index contributed by atoms with van der Waals surface area (Å²) in [5.41, 5.74) is 0.991. The van der Waals surface area contributed by atoms with E-state index < -0.39 is 0 Å². The van der Waals surface area contributed by atoms with E-state index in [2.05, 4.69) is 10.4 Å². The fourth-order valence-electron chi connectivity index (χ4n) is 2.82. The molecular weight excluding hydrogens is 258 g/mol. The van der Waals surface area contributed by atoms with Gasteiger partial charge in [0.25, 0.3) is 5.91 Å². The van der Waals surface area contributed by atoms with Gasteiger partial charge in [-0.3, -0.25) is 9.48 Å². The molecule has 2 aromatic heterocycles. The first kappa shape index (κ1) is 12.7. The van der Waals surface area contributed by atoms with Gasteiger partial charge in [-0.25, -0.2) is 0 Å². The number of nitrogens with one attached hydrogen (secondary N) is 1. The lowest BCUT2D eigenvalue weighted by Crippen LogP contribution is -2.35. The molecule has 1 aliphatic carbocycles. The van der Waals surface area contributed by atoms with Crippen molar-refractivity contribution in [2.24, 2.45) is 7.05 Å². The Labute approximate surface area is 116 Å². The van der Waals surface area contributed by atoms with Crippen LogP contribution < -0.4 is 5.32 Å². The minimum Gasteiger partial charge on any atom is -0.349 e. The molecule has 0 radical (unpaired) electrons. The number of hydrogen-bond acceptors (Lipinski definition) is 3. The third-order valence-electron chi connectivity index (χ3n) is 3.86. The van der Waals surface area contributed by atoms with Gasteiger partial charge in [0, 0.05) is 18.5 Å². The second-order valence-corrected chi connectivity index (χ2v) is 6.38. The van der Waals surface area contributed by atoms with Crippen molar-refractivity contribution in [3.63, 3.8) is 0 Å². The molecule has 5 heteroatoms. The van der Waals surface area contributed by atoms with E-state index in [9.17, 15) is 4.79 Å². The molecule has 0 spiro atoms. The van der Waals surface area contributed by atoms with Crippen LogP contribution in [0.4, 0.5) is 0 Å². The van der Waals surface area contributed by atoms with Crippen molar-refractivity contribution in [3.8, 4) is 0 Å². The first-order chi connectivity index (χ1) is 9.15. The van der Waals surface area contributed by atoms with Crippen LogP contribution in [0, 0.1) is 6.92 Å². The van der Waals surface area contributed by atoms with Gasteiger partial charge in [0.2, 0.25) is 0 Å². The largest absolute Gasteiger partial charge is 0.349 e. The summed E-state index contributed by atoms with van der Waals surface area (Å²) >= 11 is 1.53. The van der Waals surface area contributed by atoms with Crippen LogP contribution in [-0.2, 0) is 7.05 Å². The van der Waals surface area contributed by atoms with Gasteiger partial charge in [-0.2, -0.15) is 5.10 Å². The van der Waals surface area contributed by atoms with Crippen molar-refractivity contribution in [2.45, 2.75) is 45.1 Å². The minimum absolute atomic E-state index is 0.0764. The van der Waals surface area contributed by atoms with Gasteiger partial charge >= 0.3 is 0 Å². The van der Waals surface area contributed by atoms with Gasteiger partial charge in [-0.1, -0.05) is 19.3 Å². The molecule has 0 aromatic carbocycles. The summed E-state index contributed by atoms with van der Waals surface area (Å²) in [6.07, 6.45) is 6.02. The Morgan fingerprint density at radius 2 is 2.16 bits per heavy atom. The van der Waals surface area contributed by atoms with Crippen LogP contribution in [0.5, 0.6) is 0 Å². The molecule has 19 heavy (non-hydrogen) atoms. The molecule has 4 nitrogen and oxygen atoms in total. The van der Waals surface area contributed by atoms with Crippen LogP contribution in [0.25, 0.3) is 10.2 Å². The first-order valence-corrected chi connectivity index (χ1v) is 7.71. The highest BCUT2D eigenvalue weighted by molar-refractivity contribution is 7.20. The maximum absolute atomic E-state index is 12.3. The summed E-state index contributed by atoms with van der Waals surface area (Å²) in [7, 11) is 1.93. The van der Waals surface area contributed by atoms with Gasteiger partial charge in [0.15, 0.2) is 0 Å². The first-order valence-electron chi connectivity index (χ1n) is 6.89. The lowest BCUT2D eigenvalue weighted by Gasteiger charge is -2.22. The summed E-state index contributed by atoms with van der Waals surface area (Å²) in [5, 5.41) is 8.63. The average Bonchev–Trinajstić information content (AvgIpc) is 2.94.